The van der Waals surface area contributed by atoms with Crippen molar-refractivity contribution in [2.24, 2.45) is 0 Å². The van der Waals surface area contributed by atoms with E-state index in [0.717, 1.165) is 33.4 Å². The van der Waals surface area contributed by atoms with Gasteiger partial charge >= 0.3 is 17.1 Å². The summed E-state index contributed by atoms with van der Waals surface area (Å²) in [5.41, 5.74) is 5.70. The molecule has 0 saturated carbocycles. The standard InChI is InChI=1S/C28H22N3O.C5H5.Fe/c32-28(21-12-4-5-13-21,26-19-31(30-29-26)18-20-10-2-1-3-11-20)27-24-16-8-6-14-22(24)23-15-7-9-17-25(23)27;1-2-4-5-3-1;/h1-17,19,27,32H,18H2;1-5H;/q2*-1;+2. The van der Waals surface area contributed by atoms with Crippen molar-refractivity contribution in [1.29, 1.82) is 0 Å². The monoisotopic (exact) mass is 537 g/mol. The molecular weight excluding hydrogens is 510 g/mol. The fourth-order valence-electron chi connectivity index (χ4n) is 5.34. The number of hydrogen-bond donors (Lipinski definition) is 1. The van der Waals surface area contributed by atoms with Gasteiger partial charge in [0.05, 0.1) is 12.7 Å². The Hall–Kier alpha value is -4.02. The Labute approximate surface area is 233 Å². The van der Waals surface area contributed by atoms with Crippen molar-refractivity contribution < 1.29 is 22.2 Å². The van der Waals surface area contributed by atoms with Gasteiger partial charge in [-0.05, 0) is 27.8 Å². The Morgan fingerprint density at radius 2 is 1.37 bits per heavy atom. The molecule has 0 saturated heterocycles. The average Bonchev–Trinajstić information content (AvgIpc) is 3.76. The smallest absolute Gasteiger partial charge is 0.380 e. The van der Waals surface area contributed by atoms with Crippen LogP contribution in [0.5, 0.6) is 0 Å². The van der Waals surface area contributed by atoms with Crippen LogP contribution < -0.4 is 0 Å². The first kappa shape index (κ1) is 25.6. The number of nitrogens with zero attached hydrogens (tertiary/aromatic N) is 3. The first-order chi connectivity index (χ1) is 18.2. The van der Waals surface area contributed by atoms with E-state index in [1.165, 1.54) is 0 Å². The van der Waals surface area contributed by atoms with Crippen molar-refractivity contribution in [3.63, 3.8) is 0 Å². The molecule has 1 aliphatic carbocycles. The van der Waals surface area contributed by atoms with Crippen molar-refractivity contribution in [3.05, 3.63) is 168 Å². The average molecular weight is 537 g/mol. The van der Waals surface area contributed by atoms with E-state index in [0.29, 0.717) is 12.2 Å². The van der Waals surface area contributed by atoms with Crippen LogP contribution in [0, 0.1) is 0 Å². The summed E-state index contributed by atoms with van der Waals surface area (Å²) in [5.74, 6) is -0.279. The van der Waals surface area contributed by atoms with Gasteiger partial charge in [0, 0.05) is 5.92 Å². The summed E-state index contributed by atoms with van der Waals surface area (Å²) in [7, 11) is 0. The minimum absolute atomic E-state index is 0. The van der Waals surface area contributed by atoms with E-state index >= 15 is 0 Å². The fraction of sp³-hybridized carbons (Fsp3) is 0.0909. The van der Waals surface area contributed by atoms with E-state index in [9.17, 15) is 5.11 Å². The van der Waals surface area contributed by atoms with E-state index in [2.05, 4.69) is 58.8 Å². The van der Waals surface area contributed by atoms with Crippen molar-refractivity contribution in [3.8, 4) is 11.1 Å². The van der Waals surface area contributed by atoms with Gasteiger partial charge in [-0.3, -0.25) is 0 Å². The van der Waals surface area contributed by atoms with Crippen LogP contribution in [0.4, 0.5) is 0 Å². The van der Waals surface area contributed by atoms with Crippen LogP contribution in [0.3, 0.4) is 0 Å². The Balaban J connectivity index is 0.000000442. The van der Waals surface area contributed by atoms with Crippen molar-refractivity contribution in [1.82, 2.24) is 15.0 Å². The van der Waals surface area contributed by atoms with E-state index in [4.69, 9.17) is 0 Å². The molecule has 4 nitrogen and oxygen atoms in total. The Kier molecular flexibility index (Phi) is 7.52. The molecule has 5 aromatic carbocycles. The van der Waals surface area contributed by atoms with Gasteiger partial charge in [0.2, 0.25) is 0 Å². The summed E-state index contributed by atoms with van der Waals surface area (Å²) in [5, 5.41) is 21.4. The third kappa shape index (κ3) is 4.68. The summed E-state index contributed by atoms with van der Waals surface area (Å²) in [6.45, 7) is 0.600. The van der Waals surface area contributed by atoms with Crippen molar-refractivity contribution in [2.75, 3.05) is 0 Å². The van der Waals surface area contributed by atoms with Crippen molar-refractivity contribution >= 4 is 0 Å². The van der Waals surface area contributed by atoms with Gasteiger partial charge in [0.1, 0.15) is 11.3 Å². The maximum Gasteiger partial charge on any atom is 2.00 e. The van der Waals surface area contributed by atoms with Gasteiger partial charge in [-0.2, -0.15) is 30.3 Å². The van der Waals surface area contributed by atoms with Crippen LogP contribution in [0.1, 0.15) is 33.9 Å². The van der Waals surface area contributed by atoms with Crippen LogP contribution in [-0.4, -0.2) is 20.1 Å². The molecule has 7 rings (SSSR count). The molecule has 38 heavy (non-hydrogen) atoms. The molecule has 5 heteroatoms. The first-order valence-corrected chi connectivity index (χ1v) is 12.5. The van der Waals surface area contributed by atoms with Crippen LogP contribution in [0.25, 0.3) is 11.1 Å². The molecule has 0 radical (unpaired) electrons. The fourth-order valence-corrected chi connectivity index (χ4v) is 5.34. The molecule has 1 unspecified atom stereocenters. The molecule has 0 bridgehead atoms. The zero-order valence-electron chi connectivity index (χ0n) is 20.7. The Morgan fingerprint density at radius 1 is 0.737 bits per heavy atom. The van der Waals surface area contributed by atoms with E-state index < -0.39 is 5.60 Å². The minimum atomic E-state index is -1.35. The predicted molar refractivity (Wildman–Crippen MR) is 146 cm³/mol. The predicted octanol–water partition coefficient (Wildman–Crippen LogP) is 6.50. The summed E-state index contributed by atoms with van der Waals surface area (Å²) >= 11 is 0. The molecular formula is C33H27FeN3O. The number of aromatic nitrogens is 3. The summed E-state index contributed by atoms with van der Waals surface area (Å²) in [6.07, 6.45) is 1.88. The number of hydrogen-bond acceptors (Lipinski definition) is 3. The molecule has 0 aliphatic heterocycles. The Morgan fingerprint density at radius 3 is 1.95 bits per heavy atom. The second-order valence-corrected chi connectivity index (χ2v) is 9.30. The summed E-state index contributed by atoms with van der Waals surface area (Å²) < 4.78 is 1.80. The van der Waals surface area contributed by atoms with Crippen molar-refractivity contribution in [2.45, 2.75) is 18.1 Å². The number of aliphatic hydroxyl groups is 1. The first-order valence-electron chi connectivity index (χ1n) is 12.5. The number of rotatable bonds is 5. The van der Waals surface area contributed by atoms with Gasteiger partial charge in [-0.15, -0.1) is 10.7 Å². The molecule has 188 valence electrons. The topological polar surface area (TPSA) is 50.9 Å². The zero-order chi connectivity index (χ0) is 25.1. The number of fused-ring (bicyclic) bond motifs is 3. The van der Waals surface area contributed by atoms with E-state index in [-0.39, 0.29) is 23.0 Å². The molecule has 0 amide bonds. The third-order valence-corrected chi connectivity index (χ3v) is 7.03. The molecule has 0 spiro atoms. The second kappa shape index (κ2) is 11.2. The molecule has 6 aromatic rings. The molecule has 1 heterocycles. The summed E-state index contributed by atoms with van der Waals surface area (Å²) in [4.78, 5) is 0. The maximum absolute atomic E-state index is 12.5. The molecule has 0 fully saturated rings. The SMILES string of the molecule is OC(c1ccc[cH-]1)(c1cn(Cc2ccccc2)nn1)C1c2ccccc2-c2ccccc21.[Fe+2].c1cc[cH-]c1. The van der Waals surface area contributed by atoms with Crippen LogP contribution in [-0.2, 0) is 29.2 Å². The molecule has 1 aliphatic rings. The third-order valence-electron chi connectivity index (χ3n) is 7.03. The second-order valence-electron chi connectivity index (χ2n) is 9.30. The van der Waals surface area contributed by atoms with E-state index in [1.54, 1.807) is 4.68 Å². The quantitative estimate of drug-likeness (QED) is 0.202. The zero-order valence-corrected chi connectivity index (χ0v) is 21.8. The van der Waals surface area contributed by atoms with E-state index in [1.807, 2.05) is 91.1 Å². The maximum atomic E-state index is 12.5. The Bertz CT molecular complexity index is 1510. The van der Waals surface area contributed by atoms with Crippen LogP contribution >= 0.6 is 0 Å². The van der Waals surface area contributed by atoms with Gasteiger partial charge in [-0.25, -0.2) is 28.9 Å². The van der Waals surface area contributed by atoms with Gasteiger partial charge in [0.25, 0.3) is 0 Å². The molecule has 1 atom stereocenters. The van der Waals surface area contributed by atoms with Gasteiger partial charge < -0.3 is 5.11 Å². The number of benzene rings is 3. The largest absolute Gasteiger partial charge is 2.00 e. The van der Waals surface area contributed by atoms with Gasteiger partial charge in [-0.1, -0.05) is 84.1 Å². The van der Waals surface area contributed by atoms with Crippen LogP contribution in [0.15, 0.2) is 140 Å². The van der Waals surface area contributed by atoms with Crippen LogP contribution in [0.2, 0.25) is 0 Å². The molecule has 1 N–H and O–H groups in total. The minimum Gasteiger partial charge on any atom is -0.380 e. The molecule has 1 aromatic heterocycles. The van der Waals surface area contributed by atoms with Gasteiger partial charge in [0.15, 0.2) is 0 Å². The summed E-state index contributed by atoms with van der Waals surface area (Å²) in [6, 6.07) is 44.7. The normalized spacial score (nSPS) is 13.4.